The highest BCUT2D eigenvalue weighted by Gasteiger charge is 2.30. The maximum atomic E-state index is 13.1. The number of carbonyl (C=O) groups is 1. The monoisotopic (exact) mass is 458 g/mol. The molecule has 0 saturated carbocycles. The Labute approximate surface area is 187 Å². The zero-order chi connectivity index (χ0) is 22.2. The summed E-state index contributed by atoms with van der Waals surface area (Å²) in [6.45, 7) is 5.55. The lowest BCUT2D eigenvalue weighted by Gasteiger charge is -2.33. The lowest BCUT2D eigenvalue weighted by Crippen LogP contribution is -2.50. The lowest BCUT2D eigenvalue weighted by atomic mass is 10.1. The Kier molecular flexibility index (Phi) is 6.17. The van der Waals surface area contributed by atoms with Crippen molar-refractivity contribution in [1.29, 1.82) is 5.26 Å². The van der Waals surface area contributed by atoms with Gasteiger partial charge in [0.15, 0.2) is 0 Å². The molecule has 1 amide bonds. The Hall–Kier alpha value is -2.25. The molecule has 2 heterocycles. The van der Waals surface area contributed by atoms with Crippen LogP contribution in [0.5, 0.6) is 0 Å². The van der Waals surface area contributed by atoms with Crippen LogP contribution < -0.4 is 5.32 Å². The smallest absolute Gasteiger partial charge is 0.243 e. The number of hydrogen-bond acceptors (Lipinski definition) is 6. The number of sulfonamides is 1. The first-order chi connectivity index (χ1) is 14.8. The van der Waals surface area contributed by atoms with Crippen molar-refractivity contribution >= 4 is 32.3 Å². The Morgan fingerprint density at radius 1 is 1.19 bits per heavy atom. The van der Waals surface area contributed by atoms with Gasteiger partial charge in [-0.05, 0) is 55.9 Å². The average molecular weight is 459 g/mol. The van der Waals surface area contributed by atoms with E-state index in [1.54, 1.807) is 6.07 Å². The van der Waals surface area contributed by atoms with Crippen molar-refractivity contribution in [3.63, 3.8) is 0 Å². The molecule has 0 unspecified atom stereocenters. The fraction of sp³-hybridized carbons (Fsp3) is 0.455. The molecule has 1 aliphatic carbocycles. The van der Waals surface area contributed by atoms with Crippen LogP contribution in [0.3, 0.4) is 0 Å². The van der Waals surface area contributed by atoms with Gasteiger partial charge in [-0.25, -0.2) is 8.42 Å². The number of anilines is 1. The van der Waals surface area contributed by atoms with E-state index >= 15 is 0 Å². The summed E-state index contributed by atoms with van der Waals surface area (Å²) in [5, 5.41) is 13.0. The molecule has 0 spiro atoms. The molecule has 0 bridgehead atoms. The van der Waals surface area contributed by atoms with Gasteiger partial charge < -0.3 is 5.32 Å². The van der Waals surface area contributed by atoms with Crippen LogP contribution in [0, 0.1) is 25.2 Å². The van der Waals surface area contributed by atoms with Gasteiger partial charge in [-0.3, -0.25) is 9.69 Å². The summed E-state index contributed by atoms with van der Waals surface area (Å²) < 4.78 is 27.6. The fourth-order valence-electron chi connectivity index (χ4n) is 4.23. The van der Waals surface area contributed by atoms with Crippen molar-refractivity contribution in [2.24, 2.45) is 0 Å². The van der Waals surface area contributed by atoms with Crippen LogP contribution >= 0.6 is 11.3 Å². The predicted octanol–water partition coefficient (Wildman–Crippen LogP) is 2.67. The Morgan fingerprint density at radius 3 is 2.65 bits per heavy atom. The molecule has 1 N–H and O–H groups in total. The van der Waals surface area contributed by atoms with E-state index in [9.17, 15) is 18.5 Å². The zero-order valence-electron chi connectivity index (χ0n) is 17.8. The maximum Gasteiger partial charge on any atom is 0.243 e. The van der Waals surface area contributed by atoms with Gasteiger partial charge in [0.1, 0.15) is 11.1 Å². The fourth-order valence-corrected chi connectivity index (χ4v) is 7.22. The topological polar surface area (TPSA) is 93.5 Å². The highest BCUT2D eigenvalue weighted by Crippen LogP contribution is 2.38. The molecule has 4 rings (SSSR count). The Balaban J connectivity index is 1.36. The Bertz CT molecular complexity index is 1160. The van der Waals surface area contributed by atoms with E-state index in [0.29, 0.717) is 41.6 Å². The molecule has 1 aliphatic heterocycles. The summed E-state index contributed by atoms with van der Waals surface area (Å²) in [4.78, 5) is 16.1. The van der Waals surface area contributed by atoms with Crippen molar-refractivity contribution in [1.82, 2.24) is 9.21 Å². The molecule has 2 aromatic rings. The SMILES string of the molecule is Cc1ccc(C)c(S(=O)(=O)N2CCN(CC(=O)Nc3sc4c(c3C#N)CCC4)CC2)c1. The third-order valence-electron chi connectivity index (χ3n) is 5.95. The largest absolute Gasteiger partial charge is 0.315 e. The number of nitrogens with zero attached hydrogens (tertiary/aromatic N) is 3. The average Bonchev–Trinajstić information content (AvgIpc) is 3.30. The standard InChI is InChI=1S/C22H26N4O3S2/c1-15-6-7-16(2)20(12-15)31(28,29)26-10-8-25(9-11-26)14-21(27)24-22-18(13-23)17-4-3-5-19(17)30-22/h6-7,12H,3-5,8-11,14H2,1-2H3,(H,24,27). The summed E-state index contributed by atoms with van der Waals surface area (Å²) in [6, 6.07) is 7.70. The van der Waals surface area contributed by atoms with Gasteiger partial charge in [0, 0.05) is 31.1 Å². The summed E-state index contributed by atoms with van der Waals surface area (Å²) in [5.74, 6) is -0.165. The van der Waals surface area contributed by atoms with Gasteiger partial charge >= 0.3 is 0 Å². The minimum absolute atomic E-state index is 0.165. The number of thiophene rings is 1. The first-order valence-corrected chi connectivity index (χ1v) is 12.7. The summed E-state index contributed by atoms with van der Waals surface area (Å²) in [5.41, 5.74) is 3.35. The number of aryl methyl sites for hydroxylation is 3. The van der Waals surface area contributed by atoms with Gasteiger partial charge in [-0.15, -0.1) is 11.3 Å². The van der Waals surface area contributed by atoms with Crippen LogP contribution in [0.25, 0.3) is 0 Å². The van der Waals surface area contributed by atoms with Crippen molar-refractivity contribution in [2.75, 3.05) is 38.0 Å². The number of benzene rings is 1. The normalized spacial score (nSPS) is 17.3. The number of nitriles is 1. The van der Waals surface area contributed by atoms with Crippen molar-refractivity contribution in [3.05, 3.63) is 45.3 Å². The summed E-state index contributed by atoms with van der Waals surface area (Å²) >= 11 is 1.51. The molecule has 1 aromatic carbocycles. The molecular formula is C22H26N4O3S2. The number of amides is 1. The minimum atomic E-state index is -3.55. The van der Waals surface area contributed by atoms with Crippen LogP contribution in [0.2, 0.25) is 0 Å². The molecule has 2 aliphatic rings. The molecule has 1 saturated heterocycles. The van der Waals surface area contributed by atoms with Gasteiger partial charge in [0.2, 0.25) is 15.9 Å². The third-order valence-corrected chi connectivity index (χ3v) is 9.19. The van der Waals surface area contributed by atoms with E-state index in [2.05, 4.69) is 11.4 Å². The van der Waals surface area contributed by atoms with E-state index in [4.69, 9.17) is 0 Å². The quantitative estimate of drug-likeness (QED) is 0.744. The predicted molar refractivity (Wildman–Crippen MR) is 121 cm³/mol. The van der Waals surface area contributed by atoms with Crippen LogP contribution in [0.4, 0.5) is 5.00 Å². The number of nitrogens with one attached hydrogen (secondary N) is 1. The summed E-state index contributed by atoms with van der Waals surface area (Å²) in [7, 11) is -3.55. The highest BCUT2D eigenvalue weighted by molar-refractivity contribution is 7.89. The summed E-state index contributed by atoms with van der Waals surface area (Å²) in [6.07, 6.45) is 2.95. The van der Waals surface area contributed by atoms with Crippen LogP contribution in [-0.4, -0.2) is 56.3 Å². The minimum Gasteiger partial charge on any atom is -0.315 e. The van der Waals surface area contributed by atoms with Crippen molar-refractivity contribution < 1.29 is 13.2 Å². The molecule has 164 valence electrons. The van der Waals surface area contributed by atoms with Crippen molar-refractivity contribution in [3.8, 4) is 6.07 Å². The van der Waals surface area contributed by atoms with Gasteiger partial charge in [-0.1, -0.05) is 12.1 Å². The second-order valence-electron chi connectivity index (χ2n) is 8.17. The van der Waals surface area contributed by atoms with E-state index in [-0.39, 0.29) is 12.5 Å². The van der Waals surface area contributed by atoms with Gasteiger partial charge in [0.25, 0.3) is 0 Å². The van der Waals surface area contributed by atoms with Crippen molar-refractivity contribution in [2.45, 2.75) is 38.0 Å². The first-order valence-electron chi connectivity index (χ1n) is 10.4. The molecule has 1 fully saturated rings. The number of fused-ring (bicyclic) bond motifs is 1. The van der Waals surface area contributed by atoms with E-state index in [1.165, 1.54) is 20.5 Å². The van der Waals surface area contributed by atoms with Crippen LogP contribution in [0.1, 0.15) is 33.6 Å². The van der Waals surface area contributed by atoms with Crippen LogP contribution in [-0.2, 0) is 27.7 Å². The number of hydrogen-bond donors (Lipinski definition) is 1. The molecule has 7 nitrogen and oxygen atoms in total. The number of carbonyl (C=O) groups excluding carboxylic acids is 1. The lowest BCUT2D eigenvalue weighted by molar-refractivity contribution is -0.117. The molecule has 9 heteroatoms. The van der Waals surface area contributed by atoms with E-state index < -0.39 is 10.0 Å². The second kappa shape index (κ2) is 8.71. The molecule has 1 aromatic heterocycles. The van der Waals surface area contributed by atoms with Gasteiger partial charge in [0.05, 0.1) is 17.0 Å². The van der Waals surface area contributed by atoms with Gasteiger partial charge in [-0.2, -0.15) is 9.57 Å². The van der Waals surface area contributed by atoms with E-state index in [0.717, 1.165) is 36.0 Å². The first kappa shape index (κ1) is 22.0. The van der Waals surface area contributed by atoms with E-state index in [1.807, 2.05) is 30.9 Å². The molecular weight excluding hydrogens is 432 g/mol. The molecule has 0 atom stereocenters. The molecule has 0 radical (unpaired) electrons. The van der Waals surface area contributed by atoms with Crippen LogP contribution in [0.15, 0.2) is 23.1 Å². The Morgan fingerprint density at radius 2 is 1.94 bits per heavy atom. The zero-order valence-corrected chi connectivity index (χ0v) is 19.4. The molecule has 31 heavy (non-hydrogen) atoms. The second-order valence-corrected chi connectivity index (χ2v) is 11.2. The number of piperazine rings is 1. The third kappa shape index (κ3) is 4.39. The highest BCUT2D eigenvalue weighted by atomic mass is 32.2. The number of rotatable bonds is 5. The maximum absolute atomic E-state index is 13.1.